The molecule has 0 unspecified atom stereocenters. The summed E-state index contributed by atoms with van der Waals surface area (Å²) < 4.78 is 0. The highest BCUT2D eigenvalue weighted by Crippen LogP contribution is 2.13. The van der Waals surface area contributed by atoms with Gasteiger partial charge in [-0.15, -0.1) is 0 Å². The van der Waals surface area contributed by atoms with Crippen LogP contribution < -0.4 is 5.69 Å². The lowest BCUT2D eigenvalue weighted by Gasteiger charge is -1.90. The standard InChI is InChI=1S/C8H11N3O/c1-5(2)4-6-7(9-3)11-8(12)10-6/h4H,3H2,1-2H3,(H2,10,11,12). The molecule has 0 fully saturated rings. The van der Waals surface area contributed by atoms with Crippen molar-refractivity contribution in [1.82, 2.24) is 9.97 Å². The van der Waals surface area contributed by atoms with Gasteiger partial charge in [0.15, 0.2) is 5.82 Å². The minimum absolute atomic E-state index is 0.259. The molecule has 0 aliphatic rings. The van der Waals surface area contributed by atoms with E-state index in [1.54, 1.807) is 0 Å². The zero-order valence-electron chi connectivity index (χ0n) is 7.14. The lowest BCUT2D eigenvalue weighted by atomic mass is 10.3. The van der Waals surface area contributed by atoms with Crippen molar-refractivity contribution in [2.45, 2.75) is 13.8 Å². The number of imidazole rings is 1. The van der Waals surface area contributed by atoms with Crippen LogP contribution in [0.2, 0.25) is 0 Å². The largest absolute Gasteiger partial charge is 0.325 e. The minimum Gasteiger partial charge on any atom is -0.304 e. The number of aromatic nitrogens is 2. The quantitative estimate of drug-likeness (QED) is 0.640. The van der Waals surface area contributed by atoms with Gasteiger partial charge in [-0.25, -0.2) is 9.79 Å². The van der Waals surface area contributed by atoms with Crippen molar-refractivity contribution in [3.05, 3.63) is 21.8 Å². The third-order valence-electron chi connectivity index (χ3n) is 1.33. The van der Waals surface area contributed by atoms with Gasteiger partial charge in [0.25, 0.3) is 0 Å². The number of hydrogen-bond acceptors (Lipinski definition) is 2. The number of nitrogens with one attached hydrogen (secondary N) is 2. The van der Waals surface area contributed by atoms with E-state index in [-0.39, 0.29) is 5.69 Å². The number of nitrogens with zero attached hydrogens (tertiary/aromatic N) is 1. The smallest absolute Gasteiger partial charge is 0.304 e. The number of aliphatic imine (C=N–C) groups is 1. The Morgan fingerprint density at radius 1 is 1.50 bits per heavy atom. The maximum atomic E-state index is 10.8. The summed E-state index contributed by atoms with van der Waals surface area (Å²) in [5.74, 6) is 0.487. The van der Waals surface area contributed by atoms with Gasteiger partial charge in [-0.2, -0.15) is 0 Å². The van der Waals surface area contributed by atoms with Gasteiger partial charge in [-0.05, 0) is 26.6 Å². The second-order valence-electron chi connectivity index (χ2n) is 2.72. The van der Waals surface area contributed by atoms with Crippen LogP contribution in [0.3, 0.4) is 0 Å². The monoisotopic (exact) mass is 165 g/mol. The highest BCUT2D eigenvalue weighted by molar-refractivity contribution is 5.60. The molecule has 1 rings (SSSR count). The van der Waals surface area contributed by atoms with Crippen LogP contribution in [0.5, 0.6) is 0 Å². The number of allylic oxidation sites excluding steroid dienone is 1. The summed E-state index contributed by atoms with van der Waals surface area (Å²) >= 11 is 0. The van der Waals surface area contributed by atoms with Crippen LogP contribution in [-0.2, 0) is 0 Å². The van der Waals surface area contributed by atoms with Crippen molar-refractivity contribution in [3.63, 3.8) is 0 Å². The van der Waals surface area contributed by atoms with E-state index in [0.717, 1.165) is 5.57 Å². The first-order valence-corrected chi connectivity index (χ1v) is 3.57. The Hall–Kier alpha value is -1.58. The van der Waals surface area contributed by atoms with Crippen molar-refractivity contribution in [3.8, 4) is 0 Å². The molecule has 0 amide bonds. The predicted molar refractivity (Wildman–Crippen MR) is 49.9 cm³/mol. The SMILES string of the molecule is C=Nc1[nH]c(=O)[nH]c1C=C(C)C. The van der Waals surface area contributed by atoms with Crippen molar-refractivity contribution < 1.29 is 0 Å². The van der Waals surface area contributed by atoms with Gasteiger partial charge < -0.3 is 4.98 Å². The molecule has 0 aliphatic heterocycles. The summed E-state index contributed by atoms with van der Waals surface area (Å²) in [6.45, 7) is 7.23. The van der Waals surface area contributed by atoms with Gasteiger partial charge >= 0.3 is 5.69 Å². The van der Waals surface area contributed by atoms with Gasteiger partial charge in [0.2, 0.25) is 0 Å². The van der Waals surface area contributed by atoms with Gasteiger partial charge in [-0.3, -0.25) is 4.98 Å². The Balaban J connectivity index is 3.22. The van der Waals surface area contributed by atoms with Gasteiger partial charge in [0.05, 0.1) is 5.69 Å². The summed E-state index contributed by atoms with van der Waals surface area (Å²) in [7, 11) is 0. The molecule has 0 radical (unpaired) electrons. The summed E-state index contributed by atoms with van der Waals surface area (Å²) in [5, 5.41) is 0. The molecule has 0 spiro atoms. The molecule has 12 heavy (non-hydrogen) atoms. The fourth-order valence-electron chi connectivity index (χ4n) is 0.905. The maximum Gasteiger partial charge on any atom is 0.325 e. The Morgan fingerprint density at radius 2 is 2.17 bits per heavy atom. The lowest BCUT2D eigenvalue weighted by Crippen LogP contribution is -1.99. The molecular weight excluding hydrogens is 154 g/mol. The van der Waals surface area contributed by atoms with Crippen LogP contribution in [0.1, 0.15) is 19.5 Å². The van der Waals surface area contributed by atoms with Crippen LogP contribution in [0, 0.1) is 0 Å². The van der Waals surface area contributed by atoms with Crippen molar-refractivity contribution in [2.75, 3.05) is 0 Å². The van der Waals surface area contributed by atoms with E-state index in [9.17, 15) is 4.79 Å². The van der Waals surface area contributed by atoms with Crippen molar-refractivity contribution >= 4 is 18.6 Å². The fraction of sp³-hybridized carbons (Fsp3) is 0.250. The summed E-state index contributed by atoms with van der Waals surface area (Å²) in [5.41, 5.74) is 1.51. The molecule has 0 aliphatic carbocycles. The molecule has 4 heteroatoms. The van der Waals surface area contributed by atoms with Gasteiger partial charge in [-0.1, -0.05) is 5.57 Å². The third-order valence-corrected chi connectivity index (χ3v) is 1.33. The first-order chi connectivity index (χ1) is 5.63. The minimum atomic E-state index is -0.259. The summed E-state index contributed by atoms with van der Waals surface area (Å²) in [4.78, 5) is 19.6. The number of H-pyrrole nitrogens is 2. The molecule has 1 heterocycles. The van der Waals surface area contributed by atoms with Crippen molar-refractivity contribution in [2.24, 2.45) is 4.99 Å². The highest BCUT2D eigenvalue weighted by Gasteiger charge is 2.00. The number of aromatic amines is 2. The molecule has 2 N–H and O–H groups in total. The molecule has 1 aromatic heterocycles. The van der Waals surface area contributed by atoms with Gasteiger partial charge in [0, 0.05) is 0 Å². The number of hydrogen-bond donors (Lipinski definition) is 2. The van der Waals surface area contributed by atoms with E-state index in [2.05, 4.69) is 21.7 Å². The third kappa shape index (κ3) is 1.72. The number of rotatable bonds is 2. The van der Waals surface area contributed by atoms with Crippen LogP contribution in [0.4, 0.5) is 5.82 Å². The first-order valence-electron chi connectivity index (χ1n) is 3.57. The molecular formula is C8H11N3O. The van der Waals surface area contributed by atoms with E-state index >= 15 is 0 Å². The molecule has 0 bridgehead atoms. The second kappa shape index (κ2) is 3.21. The summed E-state index contributed by atoms with van der Waals surface area (Å²) in [6, 6.07) is 0. The van der Waals surface area contributed by atoms with E-state index in [0.29, 0.717) is 11.5 Å². The highest BCUT2D eigenvalue weighted by atomic mass is 16.1. The molecule has 64 valence electrons. The van der Waals surface area contributed by atoms with E-state index < -0.39 is 0 Å². The van der Waals surface area contributed by atoms with Gasteiger partial charge in [0.1, 0.15) is 0 Å². The Bertz CT molecular complexity index is 366. The second-order valence-corrected chi connectivity index (χ2v) is 2.72. The normalized spacial score (nSPS) is 9.50. The molecule has 0 saturated heterocycles. The van der Waals surface area contributed by atoms with E-state index in [4.69, 9.17) is 0 Å². The van der Waals surface area contributed by atoms with Crippen LogP contribution in [0.15, 0.2) is 15.4 Å². The van der Waals surface area contributed by atoms with Crippen LogP contribution >= 0.6 is 0 Å². The zero-order chi connectivity index (χ0) is 9.14. The summed E-state index contributed by atoms with van der Waals surface area (Å²) in [6.07, 6.45) is 1.84. The predicted octanol–water partition coefficient (Wildman–Crippen LogP) is 1.46. The molecule has 0 saturated carbocycles. The Morgan fingerprint density at radius 3 is 2.67 bits per heavy atom. The van der Waals surface area contributed by atoms with E-state index in [1.165, 1.54) is 0 Å². The molecule has 4 nitrogen and oxygen atoms in total. The Labute approximate surface area is 70.1 Å². The average Bonchev–Trinajstić information content (AvgIpc) is 2.29. The molecule has 1 aromatic rings. The van der Waals surface area contributed by atoms with Crippen LogP contribution in [0.25, 0.3) is 6.08 Å². The van der Waals surface area contributed by atoms with E-state index in [1.807, 2.05) is 19.9 Å². The van der Waals surface area contributed by atoms with Crippen LogP contribution in [-0.4, -0.2) is 16.7 Å². The zero-order valence-corrected chi connectivity index (χ0v) is 7.14. The fourth-order valence-corrected chi connectivity index (χ4v) is 0.905. The first kappa shape index (κ1) is 8.52. The topological polar surface area (TPSA) is 61.0 Å². The molecule has 0 atom stereocenters. The maximum absolute atomic E-state index is 10.8. The molecule has 0 aromatic carbocycles. The lowest BCUT2D eigenvalue weighted by molar-refractivity contribution is 1.18. The average molecular weight is 165 g/mol. The van der Waals surface area contributed by atoms with Crippen molar-refractivity contribution in [1.29, 1.82) is 0 Å². The Kier molecular flexibility index (Phi) is 2.28.